The molecular formula is C14H15NO3S. The summed E-state index contributed by atoms with van der Waals surface area (Å²) in [5.41, 5.74) is 1.00. The third kappa shape index (κ3) is 4.08. The summed E-state index contributed by atoms with van der Waals surface area (Å²) < 4.78 is 0. The number of carboxylic acid groups (broad SMARTS) is 1. The highest BCUT2D eigenvalue weighted by molar-refractivity contribution is 7.10. The van der Waals surface area contributed by atoms with E-state index in [1.54, 1.807) is 23.5 Å². The molecule has 19 heavy (non-hydrogen) atoms. The van der Waals surface area contributed by atoms with Gasteiger partial charge < -0.3 is 15.5 Å². The first-order valence-electron chi connectivity index (χ1n) is 5.91. The van der Waals surface area contributed by atoms with Gasteiger partial charge in [0.15, 0.2) is 0 Å². The highest BCUT2D eigenvalue weighted by Gasteiger charge is 2.15. The molecule has 1 atom stereocenters. The van der Waals surface area contributed by atoms with E-state index >= 15 is 0 Å². The number of phenols is 1. The van der Waals surface area contributed by atoms with E-state index < -0.39 is 5.97 Å². The van der Waals surface area contributed by atoms with E-state index in [0.717, 1.165) is 10.4 Å². The van der Waals surface area contributed by atoms with Crippen LogP contribution in [0, 0.1) is 0 Å². The van der Waals surface area contributed by atoms with Crippen LogP contribution in [0.5, 0.6) is 5.75 Å². The van der Waals surface area contributed by atoms with Crippen LogP contribution >= 0.6 is 11.3 Å². The average molecular weight is 277 g/mol. The molecule has 0 aliphatic carbocycles. The van der Waals surface area contributed by atoms with Crippen LogP contribution in [-0.2, 0) is 11.3 Å². The van der Waals surface area contributed by atoms with Gasteiger partial charge in [-0.05, 0) is 29.1 Å². The van der Waals surface area contributed by atoms with Crippen molar-refractivity contribution < 1.29 is 15.0 Å². The number of hydrogen-bond acceptors (Lipinski definition) is 4. The minimum atomic E-state index is -0.823. The highest BCUT2D eigenvalue weighted by atomic mass is 32.1. The SMILES string of the molecule is O=C(O)CC(NCc1ccc(O)cc1)c1cccs1. The number of hydrogen-bond donors (Lipinski definition) is 3. The molecule has 0 fully saturated rings. The monoisotopic (exact) mass is 277 g/mol. The fourth-order valence-electron chi connectivity index (χ4n) is 1.79. The lowest BCUT2D eigenvalue weighted by Crippen LogP contribution is -2.22. The summed E-state index contributed by atoms with van der Waals surface area (Å²) in [6, 6.07) is 10.5. The van der Waals surface area contributed by atoms with E-state index in [4.69, 9.17) is 5.11 Å². The second kappa shape index (κ2) is 6.36. The molecule has 2 rings (SSSR count). The van der Waals surface area contributed by atoms with E-state index in [-0.39, 0.29) is 18.2 Å². The van der Waals surface area contributed by atoms with Gasteiger partial charge in [0.25, 0.3) is 0 Å². The molecule has 2 aromatic rings. The summed E-state index contributed by atoms with van der Waals surface area (Å²) in [6.45, 7) is 0.566. The van der Waals surface area contributed by atoms with E-state index in [1.165, 1.54) is 0 Å². The molecule has 1 heterocycles. The van der Waals surface area contributed by atoms with Crippen molar-refractivity contribution in [3.63, 3.8) is 0 Å². The van der Waals surface area contributed by atoms with Crippen LogP contribution in [0.4, 0.5) is 0 Å². The number of carboxylic acids is 1. The normalized spacial score (nSPS) is 12.2. The van der Waals surface area contributed by atoms with Gasteiger partial charge in [-0.25, -0.2) is 0 Å². The Hall–Kier alpha value is -1.85. The van der Waals surface area contributed by atoms with E-state index in [0.29, 0.717) is 6.54 Å². The molecule has 0 aliphatic heterocycles. The first kappa shape index (κ1) is 13.6. The van der Waals surface area contributed by atoms with Gasteiger partial charge in [-0.2, -0.15) is 0 Å². The first-order valence-corrected chi connectivity index (χ1v) is 6.79. The van der Waals surface area contributed by atoms with Gasteiger partial charge in [0.1, 0.15) is 5.75 Å². The predicted molar refractivity (Wildman–Crippen MR) is 74.3 cm³/mol. The Labute approximate surface area is 115 Å². The van der Waals surface area contributed by atoms with Crippen molar-refractivity contribution in [3.8, 4) is 5.75 Å². The molecule has 0 saturated carbocycles. The molecule has 1 aromatic carbocycles. The zero-order valence-electron chi connectivity index (χ0n) is 10.2. The maximum atomic E-state index is 10.9. The molecule has 1 aromatic heterocycles. The molecule has 4 nitrogen and oxygen atoms in total. The van der Waals surface area contributed by atoms with Crippen LogP contribution in [0.3, 0.4) is 0 Å². The fraction of sp³-hybridized carbons (Fsp3) is 0.214. The first-order chi connectivity index (χ1) is 9.15. The maximum absolute atomic E-state index is 10.9. The minimum absolute atomic E-state index is 0.0542. The highest BCUT2D eigenvalue weighted by Crippen LogP contribution is 2.22. The lowest BCUT2D eigenvalue weighted by atomic mass is 10.1. The maximum Gasteiger partial charge on any atom is 0.305 e. The second-order valence-electron chi connectivity index (χ2n) is 4.21. The van der Waals surface area contributed by atoms with Gasteiger partial charge in [0, 0.05) is 11.4 Å². The van der Waals surface area contributed by atoms with Crippen molar-refractivity contribution in [2.24, 2.45) is 0 Å². The van der Waals surface area contributed by atoms with Crippen LogP contribution in [0.15, 0.2) is 41.8 Å². The topological polar surface area (TPSA) is 69.6 Å². The molecule has 5 heteroatoms. The Balaban J connectivity index is 2.00. The molecule has 1 unspecified atom stereocenters. The zero-order chi connectivity index (χ0) is 13.7. The number of rotatable bonds is 6. The van der Waals surface area contributed by atoms with Gasteiger partial charge in [-0.1, -0.05) is 18.2 Å². The molecule has 100 valence electrons. The van der Waals surface area contributed by atoms with Crippen LogP contribution in [0.2, 0.25) is 0 Å². The third-order valence-electron chi connectivity index (χ3n) is 2.75. The number of aromatic hydroxyl groups is 1. The Morgan fingerprint density at radius 1 is 1.26 bits per heavy atom. The van der Waals surface area contributed by atoms with Crippen molar-refractivity contribution in [1.29, 1.82) is 0 Å². The zero-order valence-corrected chi connectivity index (χ0v) is 11.1. The van der Waals surface area contributed by atoms with Crippen molar-refractivity contribution in [2.75, 3.05) is 0 Å². The molecule has 0 bridgehead atoms. The lowest BCUT2D eigenvalue weighted by Gasteiger charge is -2.15. The van der Waals surface area contributed by atoms with Crippen LogP contribution in [-0.4, -0.2) is 16.2 Å². The van der Waals surface area contributed by atoms with E-state index in [2.05, 4.69) is 5.32 Å². The lowest BCUT2D eigenvalue weighted by molar-refractivity contribution is -0.137. The molecular weight excluding hydrogens is 262 g/mol. The summed E-state index contributed by atoms with van der Waals surface area (Å²) >= 11 is 1.54. The number of carbonyl (C=O) groups is 1. The van der Waals surface area contributed by atoms with Gasteiger partial charge in [0.2, 0.25) is 0 Å². The summed E-state index contributed by atoms with van der Waals surface area (Å²) in [7, 11) is 0. The second-order valence-corrected chi connectivity index (χ2v) is 5.19. The van der Waals surface area contributed by atoms with Crippen LogP contribution in [0.1, 0.15) is 22.9 Å². The summed E-state index contributed by atoms with van der Waals surface area (Å²) in [4.78, 5) is 11.9. The molecule has 0 saturated heterocycles. The summed E-state index contributed by atoms with van der Waals surface area (Å²) in [5.74, 6) is -0.597. The quantitative estimate of drug-likeness (QED) is 0.759. The standard InChI is InChI=1S/C14H15NO3S/c16-11-5-3-10(4-6-11)9-15-12(8-14(17)18)13-2-1-7-19-13/h1-7,12,15-16H,8-9H2,(H,17,18). The fourth-order valence-corrected chi connectivity index (χ4v) is 2.59. The number of nitrogens with one attached hydrogen (secondary N) is 1. The van der Waals surface area contributed by atoms with Gasteiger partial charge in [-0.3, -0.25) is 4.79 Å². The van der Waals surface area contributed by atoms with Gasteiger partial charge >= 0.3 is 5.97 Å². The molecule has 0 spiro atoms. The number of thiophene rings is 1. The molecule has 3 N–H and O–H groups in total. The average Bonchev–Trinajstić information content (AvgIpc) is 2.90. The van der Waals surface area contributed by atoms with Gasteiger partial charge in [-0.15, -0.1) is 11.3 Å². The minimum Gasteiger partial charge on any atom is -0.508 e. The van der Waals surface area contributed by atoms with Crippen LogP contribution in [0.25, 0.3) is 0 Å². The number of benzene rings is 1. The largest absolute Gasteiger partial charge is 0.508 e. The van der Waals surface area contributed by atoms with Crippen molar-refractivity contribution in [3.05, 3.63) is 52.2 Å². The van der Waals surface area contributed by atoms with Crippen molar-refractivity contribution in [1.82, 2.24) is 5.32 Å². The Morgan fingerprint density at radius 2 is 2.00 bits per heavy atom. The predicted octanol–water partition coefficient (Wildman–Crippen LogP) is 2.76. The van der Waals surface area contributed by atoms with E-state index in [1.807, 2.05) is 29.6 Å². The summed E-state index contributed by atoms with van der Waals surface area (Å²) in [6.07, 6.45) is 0.0542. The molecule has 0 amide bonds. The number of aliphatic carboxylic acids is 1. The van der Waals surface area contributed by atoms with Gasteiger partial charge in [0.05, 0.1) is 12.5 Å². The smallest absolute Gasteiger partial charge is 0.305 e. The van der Waals surface area contributed by atoms with Crippen molar-refractivity contribution >= 4 is 17.3 Å². The molecule has 0 aliphatic rings. The molecule has 0 radical (unpaired) electrons. The Bertz CT molecular complexity index is 522. The third-order valence-corrected chi connectivity index (χ3v) is 3.74. The van der Waals surface area contributed by atoms with E-state index in [9.17, 15) is 9.90 Å². The van der Waals surface area contributed by atoms with Crippen molar-refractivity contribution in [2.45, 2.75) is 19.0 Å². The Kier molecular flexibility index (Phi) is 4.54. The Morgan fingerprint density at radius 3 is 2.58 bits per heavy atom. The summed E-state index contributed by atoms with van der Waals surface area (Å²) in [5, 5.41) is 23.3. The number of phenolic OH excluding ortho intramolecular Hbond substituents is 1. The van der Waals surface area contributed by atoms with Crippen LogP contribution < -0.4 is 5.32 Å².